The number of benzene rings is 1. The van der Waals surface area contributed by atoms with Crippen molar-refractivity contribution in [2.75, 3.05) is 14.2 Å². The van der Waals surface area contributed by atoms with Crippen molar-refractivity contribution in [2.45, 2.75) is 5.92 Å². The fraction of sp³-hybridized carbons (Fsp3) is 0.267. The van der Waals surface area contributed by atoms with Crippen LogP contribution in [0.2, 0.25) is 0 Å². The van der Waals surface area contributed by atoms with E-state index >= 15 is 0 Å². The van der Waals surface area contributed by atoms with Crippen LogP contribution in [-0.2, 0) is 19.1 Å². The van der Waals surface area contributed by atoms with Gasteiger partial charge in [0, 0.05) is 5.92 Å². The van der Waals surface area contributed by atoms with Gasteiger partial charge in [0.2, 0.25) is 0 Å². The van der Waals surface area contributed by atoms with Crippen molar-refractivity contribution >= 4 is 11.9 Å². The van der Waals surface area contributed by atoms with Crippen LogP contribution in [0.1, 0.15) is 17.0 Å². The van der Waals surface area contributed by atoms with Gasteiger partial charge in [-0.25, -0.2) is 0 Å². The van der Waals surface area contributed by atoms with Crippen LogP contribution in [0.5, 0.6) is 0 Å². The zero-order valence-electron chi connectivity index (χ0n) is 11.3. The third-order valence-electron chi connectivity index (χ3n) is 2.95. The predicted molar refractivity (Wildman–Crippen MR) is 71.6 cm³/mol. The highest BCUT2D eigenvalue weighted by atomic mass is 16.5. The van der Waals surface area contributed by atoms with Crippen LogP contribution in [0.25, 0.3) is 0 Å². The molecule has 1 aromatic carbocycles. The first kappa shape index (κ1) is 15.4. The first-order valence-electron chi connectivity index (χ1n) is 5.87. The summed E-state index contributed by atoms with van der Waals surface area (Å²) >= 11 is 0. The van der Waals surface area contributed by atoms with Gasteiger partial charge in [0.05, 0.1) is 25.9 Å². The lowest BCUT2D eigenvalue weighted by Gasteiger charge is -2.20. The van der Waals surface area contributed by atoms with Crippen LogP contribution in [0.3, 0.4) is 0 Å². The molecule has 0 aromatic heterocycles. The number of carbonyl (C=O) groups is 2. The number of rotatable bonds is 5. The van der Waals surface area contributed by atoms with Crippen molar-refractivity contribution in [1.29, 1.82) is 5.26 Å². The molecular formula is C15H15NO4. The molecule has 0 aliphatic carbocycles. The second kappa shape index (κ2) is 7.10. The van der Waals surface area contributed by atoms with Gasteiger partial charge in [-0.05, 0) is 17.7 Å². The Balaban J connectivity index is 3.18. The molecule has 0 spiro atoms. The summed E-state index contributed by atoms with van der Waals surface area (Å²) < 4.78 is 9.29. The molecule has 104 valence electrons. The third kappa shape index (κ3) is 3.23. The Morgan fingerprint density at radius 2 is 1.70 bits per heavy atom. The van der Waals surface area contributed by atoms with Gasteiger partial charge >= 0.3 is 11.9 Å². The van der Waals surface area contributed by atoms with E-state index in [1.165, 1.54) is 20.3 Å². The summed E-state index contributed by atoms with van der Waals surface area (Å²) in [5.41, 5.74) is 1.17. The van der Waals surface area contributed by atoms with Crippen molar-refractivity contribution in [2.24, 2.45) is 5.92 Å². The lowest BCUT2D eigenvalue weighted by Crippen LogP contribution is -2.31. The van der Waals surface area contributed by atoms with E-state index < -0.39 is 23.8 Å². The number of hydrogen-bond donors (Lipinski definition) is 0. The maximum absolute atomic E-state index is 11.8. The molecule has 20 heavy (non-hydrogen) atoms. The van der Waals surface area contributed by atoms with Gasteiger partial charge in [-0.1, -0.05) is 18.2 Å². The summed E-state index contributed by atoms with van der Waals surface area (Å²) in [5.74, 6) is -3.07. The number of nitriles is 1. The smallest absolute Gasteiger partial charge is 0.321 e. The molecule has 1 atom stereocenters. The summed E-state index contributed by atoms with van der Waals surface area (Å²) in [4.78, 5) is 23.6. The summed E-state index contributed by atoms with van der Waals surface area (Å²) in [6.45, 7) is 3.65. The fourth-order valence-electron chi connectivity index (χ4n) is 1.89. The molecule has 1 rings (SSSR count). The number of carbonyl (C=O) groups excluding carboxylic acids is 2. The first-order valence-corrected chi connectivity index (χ1v) is 5.87. The summed E-state index contributed by atoms with van der Waals surface area (Å²) in [5, 5.41) is 8.77. The SMILES string of the molecule is C=CC(c1ccc(C#N)cc1)C(C(=O)OC)C(=O)OC. The maximum Gasteiger partial charge on any atom is 0.321 e. The minimum atomic E-state index is -1.12. The first-order chi connectivity index (χ1) is 9.58. The number of esters is 2. The summed E-state index contributed by atoms with van der Waals surface area (Å²) in [6, 6.07) is 8.56. The van der Waals surface area contributed by atoms with Gasteiger partial charge in [-0.2, -0.15) is 5.26 Å². The molecule has 0 amide bonds. The lowest BCUT2D eigenvalue weighted by molar-refractivity contribution is -0.159. The van der Waals surface area contributed by atoms with E-state index in [4.69, 9.17) is 5.26 Å². The van der Waals surface area contributed by atoms with Crippen LogP contribution < -0.4 is 0 Å². The molecule has 0 fully saturated rings. The minimum Gasteiger partial charge on any atom is -0.468 e. The van der Waals surface area contributed by atoms with Crippen LogP contribution in [0.4, 0.5) is 0 Å². The number of ether oxygens (including phenoxy) is 2. The van der Waals surface area contributed by atoms with Gasteiger partial charge in [0.15, 0.2) is 5.92 Å². The highest BCUT2D eigenvalue weighted by molar-refractivity contribution is 5.96. The summed E-state index contributed by atoms with van der Waals surface area (Å²) in [7, 11) is 2.41. The van der Waals surface area contributed by atoms with Crippen LogP contribution in [0.15, 0.2) is 36.9 Å². The van der Waals surface area contributed by atoms with E-state index in [0.717, 1.165) is 0 Å². The largest absolute Gasteiger partial charge is 0.468 e. The maximum atomic E-state index is 11.8. The van der Waals surface area contributed by atoms with Crippen molar-refractivity contribution in [3.05, 3.63) is 48.0 Å². The molecule has 0 bridgehead atoms. The molecule has 0 saturated heterocycles. The van der Waals surface area contributed by atoms with Gasteiger partial charge < -0.3 is 9.47 Å². The Kier molecular flexibility index (Phi) is 5.48. The van der Waals surface area contributed by atoms with Crippen LogP contribution >= 0.6 is 0 Å². The van der Waals surface area contributed by atoms with E-state index in [1.54, 1.807) is 24.3 Å². The van der Waals surface area contributed by atoms with Crippen molar-refractivity contribution < 1.29 is 19.1 Å². The number of allylic oxidation sites excluding steroid dienone is 1. The number of hydrogen-bond acceptors (Lipinski definition) is 5. The predicted octanol–water partition coefficient (Wildman–Crippen LogP) is 1.79. The normalized spacial score (nSPS) is 11.3. The van der Waals surface area contributed by atoms with E-state index in [-0.39, 0.29) is 0 Å². The Morgan fingerprint density at radius 3 is 2.05 bits per heavy atom. The van der Waals surface area contributed by atoms with Crippen molar-refractivity contribution in [1.82, 2.24) is 0 Å². The minimum absolute atomic E-state index is 0.490. The van der Waals surface area contributed by atoms with Gasteiger partial charge in [0.1, 0.15) is 0 Å². The second-order valence-corrected chi connectivity index (χ2v) is 4.02. The Bertz CT molecular complexity index is 526. The molecule has 1 unspecified atom stereocenters. The zero-order valence-corrected chi connectivity index (χ0v) is 11.3. The van der Waals surface area contributed by atoms with Crippen molar-refractivity contribution in [3.63, 3.8) is 0 Å². The third-order valence-corrected chi connectivity index (χ3v) is 2.95. The molecule has 0 heterocycles. The second-order valence-electron chi connectivity index (χ2n) is 4.02. The van der Waals surface area contributed by atoms with E-state index in [0.29, 0.717) is 11.1 Å². The Morgan fingerprint density at radius 1 is 1.20 bits per heavy atom. The molecular weight excluding hydrogens is 258 g/mol. The van der Waals surface area contributed by atoms with E-state index in [9.17, 15) is 9.59 Å². The van der Waals surface area contributed by atoms with Crippen LogP contribution in [0, 0.1) is 17.2 Å². The van der Waals surface area contributed by atoms with E-state index in [1.807, 2.05) is 6.07 Å². The van der Waals surface area contributed by atoms with Crippen LogP contribution in [-0.4, -0.2) is 26.2 Å². The fourth-order valence-corrected chi connectivity index (χ4v) is 1.89. The van der Waals surface area contributed by atoms with Gasteiger partial charge in [-0.15, -0.1) is 6.58 Å². The molecule has 5 nitrogen and oxygen atoms in total. The molecule has 0 radical (unpaired) electrons. The highest BCUT2D eigenvalue weighted by Crippen LogP contribution is 2.28. The lowest BCUT2D eigenvalue weighted by atomic mass is 9.85. The van der Waals surface area contributed by atoms with E-state index in [2.05, 4.69) is 16.1 Å². The number of nitrogens with zero attached hydrogens (tertiary/aromatic N) is 1. The number of methoxy groups -OCH3 is 2. The molecule has 1 aromatic rings. The highest BCUT2D eigenvalue weighted by Gasteiger charge is 2.36. The Labute approximate surface area is 117 Å². The standard InChI is InChI=1S/C15H15NO4/c1-4-12(11-7-5-10(9-16)6-8-11)13(14(17)19-2)15(18)20-3/h4-8,12-13H,1H2,2-3H3. The topological polar surface area (TPSA) is 76.4 Å². The average Bonchev–Trinajstić information content (AvgIpc) is 2.51. The molecule has 0 aliphatic heterocycles. The molecule has 5 heteroatoms. The van der Waals surface area contributed by atoms with Crippen molar-refractivity contribution in [3.8, 4) is 6.07 Å². The Hall–Kier alpha value is -2.61. The average molecular weight is 273 g/mol. The molecule has 0 N–H and O–H groups in total. The zero-order chi connectivity index (χ0) is 15.1. The quantitative estimate of drug-likeness (QED) is 0.464. The molecule has 0 aliphatic rings. The van der Waals surface area contributed by atoms with Gasteiger partial charge in [0.25, 0.3) is 0 Å². The van der Waals surface area contributed by atoms with Gasteiger partial charge in [-0.3, -0.25) is 9.59 Å². The molecule has 0 saturated carbocycles. The monoisotopic (exact) mass is 273 g/mol. The summed E-state index contributed by atoms with van der Waals surface area (Å²) in [6.07, 6.45) is 1.49.